The maximum atomic E-state index is 11.6. The normalized spacial score (nSPS) is 12.2. The van der Waals surface area contributed by atoms with Gasteiger partial charge in [-0.2, -0.15) is 0 Å². The lowest BCUT2D eigenvalue weighted by Gasteiger charge is -2.14. The van der Waals surface area contributed by atoms with E-state index in [0.29, 0.717) is 12.0 Å². The molecule has 0 saturated heterocycles. The van der Waals surface area contributed by atoms with Crippen molar-refractivity contribution in [1.82, 2.24) is 10.3 Å². The van der Waals surface area contributed by atoms with Gasteiger partial charge in [0.2, 0.25) is 0 Å². The number of amides is 1. The first-order valence-electron chi connectivity index (χ1n) is 4.71. The second-order valence-corrected chi connectivity index (χ2v) is 3.46. The van der Waals surface area contributed by atoms with Gasteiger partial charge in [-0.1, -0.05) is 18.5 Å². The molecule has 0 spiro atoms. The fourth-order valence-electron chi connectivity index (χ4n) is 1.10. The van der Waals surface area contributed by atoms with Crippen molar-refractivity contribution >= 4 is 17.5 Å². The van der Waals surface area contributed by atoms with Crippen LogP contribution >= 0.6 is 11.6 Å². The van der Waals surface area contributed by atoms with Gasteiger partial charge in [-0.25, -0.2) is 4.98 Å². The van der Waals surface area contributed by atoms with Crippen LogP contribution in [0.2, 0.25) is 5.15 Å². The van der Waals surface area contributed by atoms with Crippen LogP contribution in [-0.2, 0) is 0 Å². The predicted molar refractivity (Wildman–Crippen MR) is 57.9 cm³/mol. The highest BCUT2D eigenvalue weighted by atomic mass is 35.5. The third kappa shape index (κ3) is 3.18. The first-order chi connectivity index (χ1) is 7.19. The molecule has 1 amide bonds. The minimum Gasteiger partial charge on any atom is -0.394 e. The van der Waals surface area contributed by atoms with Crippen LogP contribution in [0.1, 0.15) is 23.7 Å². The summed E-state index contributed by atoms with van der Waals surface area (Å²) < 4.78 is 0. The van der Waals surface area contributed by atoms with Gasteiger partial charge in [0, 0.05) is 6.20 Å². The molecular formula is C10H13ClN2O2. The average molecular weight is 229 g/mol. The van der Waals surface area contributed by atoms with Crippen LogP contribution in [0.25, 0.3) is 0 Å². The van der Waals surface area contributed by atoms with Crippen molar-refractivity contribution in [3.05, 3.63) is 29.0 Å². The summed E-state index contributed by atoms with van der Waals surface area (Å²) in [4.78, 5) is 15.4. The predicted octanol–water partition coefficient (Wildman–Crippen LogP) is 1.24. The van der Waals surface area contributed by atoms with Crippen molar-refractivity contribution < 1.29 is 9.90 Å². The molecule has 1 aromatic rings. The Labute approximate surface area is 93.3 Å². The Balaban J connectivity index is 2.73. The highest BCUT2D eigenvalue weighted by Gasteiger charge is 2.14. The summed E-state index contributed by atoms with van der Waals surface area (Å²) in [5.74, 6) is -0.311. The molecule has 15 heavy (non-hydrogen) atoms. The third-order valence-electron chi connectivity index (χ3n) is 2.05. The summed E-state index contributed by atoms with van der Waals surface area (Å²) in [5, 5.41) is 11.8. The Morgan fingerprint density at radius 2 is 2.47 bits per heavy atom. The van der Waals surface area contributed by atoms with E-state index in [1.54, 1.807) is 12.1 Å². The molecule has 0 aliphatic carbocycles. The van der Waals surface area contributed by atoms with Crippen molar-refractivity contribution in [2.24, 2.45) is 0 Å². The molecule has 0 aliphatic heterocycles. The maximum absolute atomic E-state index is 11.6. The van der Waals surface area contributed by atoms with Crippen molar-refractivity contribution in [3.8, 4) is 0 Å². The van der Waals surface area contributed by atoms with E-state index < -0.39 is 0 Å². The Hall–Kier alpha value is -1.13. The molecule has 5 heteroatoms. The molecule has 1 unspecified atom stereocenters. The van der Waals surface area contributed by atoms with E-state index in [1.165, 1.54) is 6.20 Å². The van der Waals surface area contributed by atoms with Gasteiger partial charge in [0.25, 0.3) is 5.91 Å². The average Bonchev–Trinajstić information content (AvgIpc) is 2.26. The molecule has 1 atom stereocenters. The fourth-order valence-corrected chi connectivity index (χ4v) is 1.30. The minimum absolute atomic E-state index is 0.0832. The Morgan fingerprint density at radius 3 is 3.00 bits per heavy atom. The summed E-state index contributed by atoms with van der Waals surface area (Å²) in [6.07, 6.45) is 2.18. The van der Waals surface area contributed by atoms with Crippen LogP contribution in [0, 0.1) is 0 Å². The van der Waals surface area contributed by atoms with Crippen molar-refractivity contribution in [1.29, 1.82) is 0 Å². The van der Waals surface area contributed by atoms with E-state index in [2.05, 4.69) is 10.3 Å². The second kappa shape index (κ2) is 5.68. The Kier molecular flexibility index (Phi) is 4.52. The molecule has 0 fully saturated rings. The number of nitrogens with one attached hydrogen (secondary N) is 1. The van der Waals surface area contributed by atoms with Gasteiger partial charge in [0.1, 0.15) is 5.15 Å². The van der Waals surface area contributed by atoms with E-state index in [0.717, 1.165) is 0 Å². The summed E-state index contributed by atoms with van der Waals surface area (Å²) in [5.41, 5.74) is 0.325. The largest absolute Gasteiger partial charge is 0.394 e. The van der Waals surface area contributed by atoms with E-state index >= 15 is 0 Å². The summed E-state index contributed by atoms with van der Waals surface area (Å²) in [6, 6.07) is 2.99. The highest BCUT2D eigenvalue weighted by Crippen LogP contribution is 2.11. The van der Waals surface area contributed by atoms with Crippen LogP contribution in [-0.4, -0.2) is 28.6 Å². The number of hydrogen-bond acceptors (Lipinski definition) is 3. The molecule has 0 aliphatic rings. The lowest BCUT2D eigenvalue weighted by Crippen LogP contribution is -2.37. The monoisotopic (exact) mass is 228 g/mol. The van der Waals surface area contributed by atoms with Gasteiger partial charge in [0.05, 0.1) is 18.2 Å². The van der Waals surface area contributed by atoms with Crippen molar-refractivity contribution in [3.63, 3.8) is 0 Å². The number of aromatic nitrogens is 1. The number of hydrogen-bond donors (Lipinski definition) is 2. The number of halogens is 1. The third-order valence-corrected chi connectivity index (χ3v) is 2.35. The number of rotatable bonds is 4. The Bertz CT molecular complexity index is 340. The topological polar surface area (TPSA) is 62.2 Å². The van der Waals surface area contributed by atoms with Gasteiger partial charge < -0.3 is 10.4 Å². The smallest absolute Gasteiger partial charge is 0.254 e. The van der Waals surface area contributed by atoms with Crippen LogP contribution in [0.4, 0.5) is 0 Å². The van der Waals surface area contributed by atoms with Gasteiger partial charge >= 0.3 is 0 Å². The molecule has 2 N–H and O–H groups in total. The van der Waals surface area contributed by atoms with Crippen LogP contribution in [0.15, 0.2) is 18.3 Å². The van der Waals surface area contributed by atoms with Crippen LogP contribution in [0.5, 0.6) is 0 Å². The zero-order chi connectivity index (χ0) is 11.3. The summed E-state index contributed by atoms with van der Waals surface area (Å²) >= 11 is 5.75. The molecule has 1 rings (SSSR count). The standard InChI is InChI=1S/C10H13ClN2O2/c1-2-7(6-14)13-10(15)8-4-3-5-12-9(8)11/h3-5,7,14H,2,6H2,1H3,(H,13,15). The number of carbonyl (C=O) groups excluding carboxylic acids is 1. The first kappa shape index (κ1) is 11.9. The van der Waals surface area contributed by atoms with Crippen molar-refractivity contribution in [2.75, 3.05) is 6.61 Å². The van der Waals surface area contributed by atoms with Gasteiger partial charge in [-0.05, 0) is 18.6 Å². The molecule has 4 nitrogen and oxygen atoms in total. The maximum Gasteiger partial charge on any atom is 0.254 e. The lowest BCUT2D eigenvalue weighted by molar-refractivity contribution is 0.0915. The quantitative estimate of drug-likeness (QED) is 0.763. The molecule has 82 valence electrons. The zero-order valence-corrected chi connectivity index (χ0v) is 9.16. The molecule has 0 aromatic carbocycles. The SMILES string of the molecule is CCC(CO)NC(=O)c1cccnc1Cl. The molecule has 1 aromatic heterocycles. The molecule has 0 saturated carbocycles. The molecule has 0 radical (unpaired) electrons. The number of carbonyl (C=O) groups is 1. The van der Waals surface area contributed by atoms with Gasteiger partial charge in [0.15, 0.2) is 0 Å². The van der Waals surface area contributed by atoms with E-state index in [4.69, 9.17) is 16.7 Å². The number of nitrogens with zero attached hydrogens (tertiary/aromatic N) is 1. The summed E-state index contributed by atoms with van der Waals surface area (Å²) in [7, 11) is 0. The van der Waals surface area contributed by atoms with Gasteiger partial charge in [-0.15, -0.1) is 0 Å². The van der Waals surface area contributed by atoms with Gasteiger partial charge in [-0.3, -0.25) is 4.79 Å². The van der Waals surface area contributed by atoms with Crippen LogP contribution in [0.3, 0.4) is 0 Å². The van der Waals surface area contributed by atoms with E-state index in [1.807, 2.05) is 6.92 Å². The van der Waals surface area contributed by atoms with Crippen molar-refractivity contribution in [2.45, 2.75) is 19.4 Å². The zero-order valence-electron chi connectivity index (χ0n) is 8.40. The number of aliphatic hydroxyl groups is 1. The highest BCUT2D eigenvalue weighted by molar-refractivity contribution is 6.32. The molecule has 0 bridgehead atoms. The fraction of sp³-hybridized carbons (Fsp3) is 0.400. The van der Waals surface area contributed by atoms with E-state index in [-0.39, 0.29) is 23.7 Å². The minimum atomic E-state index is -0.311. The second-order valence-electron chi connectivity index (χ2n) is 3.10. The van der Waals surface area contributed by atoms with Crippen LogP contribution < -0.4 is 5.32 Å². The number of pyridine rings is 1. The van der Waals surface area contributed by atoms with E-state index in [9.17, 15) is 4.79 Å². The molecule has 1 heterocycles. The number of aliphatic hydroxyl groups excluding tert-OH is 1. The summed E-state index contributed by atoms with van der Waals surface area (Å²) in [6.45, 7) is 1.80. The Morgan fingerprint density at radius 1 is 1.73 bits per heavy atom. The lowest BCUT2D eigenvalue weighted by atomic mass is 10.2. The first-order valence-corrected chi connectivity index (χ1v) is 5.09. The molecular weight excluding hydrogens is 216 g/mol.